The first-order valence-corrected chi connectivity index (χ1v) is 9.30. The van der Waals surface area contributed by atoms with E-state index in [-0.39, 0.29) is 10.8 Å². The second-order valence-corrected chi connectivity index (χ2v) is 7.35. The van der Waals surface area contributed by atoms with E-state index in [0.717, 1.165) is 48.7 Å². The number of amides is 1. The molecule has 0 unspecified atom stereocenters. The fourth-order valence-corrected chi connectivity index (χ4v) is 3.46. The summed E-state index contributed by atoms with van der Waals surface area (Å²) in [6, 6.07) is 8.45. The van der Waals surface area contributed by atoms with Gasteiger partial charge in [-0.05, 0) is 49.4 Å². The fourth-order valence-electron chi connectivity index (χ4n) is 2.72. The number of aromatic carboxylic acids is 1. The zero-order chi connectivity index (χ0) is 18.5. The largest absolute Gasteiger partial charge is 0.493 e. The topological polar surface area (TPSA) is 84.9 Å². The fraction of sp³-hybridized carbons (Fsp3) is 0.368. The number of aryl methyl sites for hydroxylation is 1. The standard InChI is InChI=1S/C19H21NO5S/c1-12-2-3-14(10-15(12)25-11-13-6-8-24-9-7-13)20-18(21)16-4-5-17(26-16)19(22)23/h2-5,10,13H,6-9,11H2,1H3,(H,20,21)(H,22,23). The van der Waals surface area contributed by atoms with E-state index in [1.807, 2.05) is 13.0 Å². The van der Waals surface area contributed by atoms with E-state index in [4.69, 9.17) is 14.6 Å². The number of thiophene rings is 1. The highest BCUT2D eigenvalue weighted by atomic mass is 32.1. The maximum absolute atomic E-state index is 12.3. The Hall–Kier alpha value is -2.38. The molecular formula is C19H21NO5S. The van der Waals surface area contributed by atoms with Crippen LogP contribution in [0, 0.1) is 12.8 Å². The van der Waals surface area contributed by atoms with Crippen LogP contribution < -0.4 is 10.1 Å². The van der Waals surface area contributed by atoms with Gasteiger partial charge in [-0.3, -0.25) is 4.79 Å². The van der Waals surface area contributed by atoms with Crippen molar-refractivity contribution in [1.29, 1.82) is 0 Å². The number of nitrogens with one attached hydrogen (secondary N) is 1. The van der Waals surface area contributed by atoms with Crippen LogP contribution >= 0.6 is 11.3 Å². The lowest BCUT2D eigenvalue weighted by Gasteiger charge is -2.22. The van der Waals surface area contributed by atoms with E-state index in [1.54, 1.807) is 12.1 Å². The Morgan fingerprint density at radius 3 is 2.65 bits per heavy atom. The summed E-state index contributed by atoms with van der Waals surface area (Å²) in [4.78, 5) is 23.7. The van der Waals surface area contributed by atoms with Gasteiger partial charge in [-0.1, -0.05) is 6.07 Å². The molecule has 0 aliphatic carbocycles. The minimum Gasteiger partial charge on any atom is -0.493 e. The van der Waals surface area contributed by atoms with Crippen LogP contribution in [0.5, 0.6) is 5.75 Å². The Kier molecular flexibility index (Phi) is 5.90. The van der Waals surface area contributed by atoms with Gasteiger partial charge in [-0.25, -0.2) is 4.79 Å². The van der Waals surface area contributed by atoms with Gasteiger partial charge in [0.15, 0.2) is 0 Å². The molecular weight excluding hydrogens is 354 g/mol. The average Bonchev–Trinajstić information content (AvgIpc) is 3.14. The summed E-state index contributed by atoms with van der Waals surface area (Å²) in [5.74, 6) is -0.136. The molecule has 26 heavy (non-hydrogen) atoms. The molecule has 1 saturated heterocycles. The first-order valence-electron chi connectivity index (χ1n) is 8.48. The van der Waals surface area contributed by atoms with Crippen LogP contribution in [0.1, 0.15) is 37.7 Å². The van der Waals surface area contributed by atoms with Gasteiger partial charge in [0.05, 0.1) is 11.5 Å². The number of hydrogen-bond donors (Lipinski definition) is 2. The van der Waals surface area contributed by atoms with Crippen LogP contribution in [0.25, 0.3) is 0 Å². The number of carboxylic acid groups (broad SMARTS) is 1. The number of anilines is 1. The molecule has 1 aliphatic rings. The van der Waals surface area contributed by atoms with Crippen molar-refractivity contribution >= 4 is 28.9 Å². The molecule has 138 valence electrons. The molecule has 0 saturated carbocycles. The van der Waals surface area contributed by atoms with Gasteiger partial charge >= 0.3 is 5.97 Å². The monoisotopic (exact) mass is 375 g/mol. The number of hydrogen-bond acceptors (Lipinski definition) is 5. The molecule has 1 aromatic heterocycles. The van der Waals surface area contributed by atoms with Crippen LogP contribution in [-0.2, 0) is 4.74 Å². The molecule has 1 aliphatic heterocycles. The zero-order valence-electron chi connectivity index (χ0n) is 14.5. The molecule has 7 heteroatoms. The molecule has 2 N–H and O–H groups in total. The lowest BCUT2D eigenvalue weighted by Crippen LogP contribution is -2.21. The Labute approximate surface area is 155 Å². The Balaban J connectivity index is 1.64. The number of benzene rings is 1. The third-order valence-electron chi connectivity index (χ3n) is 4.30. The number of carbonyl (C=O) groups excluding carboxylic acids is 1. The smallest absolute Gasteiger partial charge is 0.345 e. The van der Waals surface area contributed by atoms with E-state index >= 15 is 0 Å². The van der Waals surface area contributed by atoms with Crippen LogP contribution in [-0.4, -0.2) is 36.8 Å². The third kappa shape index (κ3) is 4.62. The quantitative estimate of drug-likeness (QED) is 0.802. The number of carboxylic acids is 1. The second kappa shape index (κ2) is 8.33. The highest BCUT2D eigenvalue weighted by Gasteiger charge is 2.16. The van der Waals surface area contributed by atoms with Gasteiger partial charge in [-0.15, -0.1) is 11.3 Å². The summed E-state index contributed by atoms with van der Waals surface area (Å²) in [5, 5.41) is 11.8. The second-order valence-electron chi connectivity index (χ2n) is 6.27. The van der Waals surface area contributed by atoms with Crippen molar-refractivity contribution in [3.05, 3.63) is 45.6 Å². The Morgan fingerprint density at radius 2 is 1.96 bits per heavy atom. The summed E-state index contributed by atoms with van der Waals surface area (Å²) in [7, 11) is 0. The van der Waals surface area contributed by atoms with Gasteiger partial charge in [0.2, 0.25) is 0 Å². The van der Waals surface area contributed by atoms with Crippen LogP contribution in [0.15, 0.2) is 30.3 Å². The SMILES string of the molecule is Cc1ccc(NC(=O)c2ccc(C(=O)O)s2)cc1OCC1CCOCC1. The molecule has 0 spiro atoms. The minimum absolute atomic E-state index is 0.138. The van der Waals surface area contributed by atoms with Crippen molar-refractivity contribution in [3.63, 3.8) is 0 Å². The molecule has 2 heterocycles. The van der Waals surface area contributed by atoms with Crippen molar-refractivity contribution in [3.8, 4) is 5.75 Å². The molecule has 1 aromatic carbocycles. The first kappa shape index (κ1) is 18.4. The Morgan fingerprint density at radius 1 is 1.23 bits per heavy atom. The Bertz CT molecular complexity index is 795. The normalized spacial score (nSPS) is 14.8. The van der Waals surface area contributed by atoms with Gasteiger partial charge in [0, 0.05) is 25.0 Å². The molecule has 1 amide bonds. The van der Waals surface area contributed by atoms with E-state index in [9.17, 15) is 9.59 Å². The summed E-state index contributed by atoms with van der Waals surface area (Å²) < 4.78 is 11.3. The minimum atomic E-state index is -1.03. The van der Waals surface area contributed by atoms with Gasteiger partial charge in [0.25, 0.3) is 5.91 Å². The molecule has 0 bridgehead atoms. The van der Waals surface area contributed by atoms with Crippen LogP contribution in [0.3, 0.4) is 0 Å². The van der Waals surface area contributed by atoms with Crippen molar-refractivity contribution < 1.29 is 24.2 Å². The van der Waals surface area contributed by atoms with Crippen LogP contribution in [0.2, 0.25) is 0 Å². The zero-order valence-corrected chi connectivity index (χ0v) is 15.3. The highest BCUT2D eigenvalue weighted by Crippen LogP contribution is 2.26. The van der Waals surface area contributed by atoms with Gasteiger partial charge in [-0.2, -0.15) is 0 Å². The predicted molar refractivity (Wildman–Crippen MR) is 99.4 cm³/mol. The first-order chi connectivity index (χ1) is 12.5. The van der Waals surface area contributed by atoms with Crippen molar-refractivity contribution in [2.45, 2.75) is 19.8 Å². The summed E-state index contributed by atoms with van der Waals surface area (Å²) in [6.45, 7) is 4.16. The summed E-state index contributed by atoms with van der Waals surface area (Å²) in [6.07, 6.45) is 2.00. The molecule has 2 aromatic rings. The van der Waals surface area contributed by atoms with E-state index in [1.165, 1.54) is 12.1 Å². The number of ether oxygens (including phenoxy) is 2. The lowest BCUT2D eigenvalue weighted by atomic mass is 10.0. The maximum Gasteiger partial charge on any atom is 0.345 e. The maximum atomic E-state index is 12.3. The molecule has 0 atom stereocenters. The van der Waals surface area contributed by atoms with Crippen molar-refractivity contribution in [2.75, 3.05) is 25.1 Å². The van der Waals surface area contributed by atoms with Crippen molar-refractivity contribution in [1.82, 2.24) is 0 Å². The van der Waals surface area contributed by atoms with E-state index in [2.05, 4.69) is 5.32 Å². The summed E-state index contributed by atoms with van der Waals surface area (Å²) in [5.41, 5.74) is 1.62. The predicted octanol–water partition coefficient (Wildman–Crippen LogP) is 3.81. The molecule has 3 rings (SSSR count). The molecule has 6 nitrogen and oxygen atoms in total. The number of rotatable bonds is 6. The van der Waals surface area contributed by atoms with Gasteiger partial charge in [0.1, 0.15) is 10.6 Å². The summed E-state index contributed by atoms with van der Waals surface area (Å²) >= 11 is 0.950. The molecule has 1 fully saturated rings. The van der Waals surface area contributed by atoms with Crippen LogP contribution in [0.4, 0.5) is 5.69 Å². The lowest BCUT2D eigenvalue weighted by molar-refractivity contribution is 0.0496. The number of carbonyl (C=O) groups is 2. The van der Waals surface area contributed by atoms with E-state index < -0.39 is 5.97 Å². The van der Waals surface area contributed by atoms with E-state index in [0.29, 0.717) is 23.1 Å². The third-order valence-corrected chi connectivity index (χ3v) is 5.37. The van der Waals surface area contributed by atoms with Gasteiger partial charge < -0.3 is 19.9 Å². The highest BCUT2D eigenvalue weighted by molar-refractivity contribution is 7.15. The molecule has 0 radical (unpaired) electrons. The average molecular weight is 375 g/mol. The van der Waals surface area contributed by atoms with Crippen molar-refractivity contribution in [2.24, 2.45) is 5.92 Å².